The molecule has 6 rings (SSSR count). The molecule has 1 aliphatic rings. The predicted octanol–water partition coefficient (Wildman–Crippen LogP) is 4.15. The zero-order chi connectivity index (χ0) is 24.8. The maximum absolute atomic E-state index is 14.0. The van der Waals surface area contributed by atoms with Gasteiger partial charge in [-0.25, -0.2) is 0 Å². The van der Waals surface area contributed by atoms with Crippen LogP contribution in [-0.4, -0.2) is 51.3 Å². The van der Waals surface area contributed by atoms with Crippen LogP contribution >= 0.6 is 0 Å². The highest BCUT2D eigenvalue weighted by Crippen LogP contribution is 2.29. The number of aromatic nitrogens is 3. The molecule has 1 fully saturated rings. The molecule has 2 aromatic heterocycles. The normalized spacial score (nSPS) is 14.1. The Balaban J connectivity index is 1.47. The first-order valence-electron chi connectivity index (χ1n) is 12.2. The fourth-order valence-corrected chi connectivity index (χ4v) is 5.15. The molecule has 0 N–H and O–H groups in total. The lowest BCUT2D eigenvalue weighted by molar-refractivity contribution is 0.0741. The van der Waals surface area contributed by atoms with E-state index in [2.05, 4.69) is 17.0 Å². The van der Waals surface area contributed by atoms with Gasteiger partial charge in [-0.2, -0.15) is 9.78 Å². The molecule has 0 saturated carbocycles. The summed E-state index contributed by atoms with van der Waals surface area (Å²) in [4.78, 5) is 31.8. The molecule has 1 aliphatic heterocycles. The second kappa shape index (κ2) is 8.68. The van der Waals surface area contributed by atoms with E-state index >= 15 is 0 Å². The molecule has 0 aliphatic carbocycles. The van der Waals surface area contributed by atoms with Crippen LogP contribution in [0.25, 0.3) is 27.5 Å². The van der Waals surface area contributed by atoms with E-state index in [-0.39, 0.29) is 11.5 Å². The van der Waals surface area contributed by atoms with Gasteiger partial charge in [0.05, 0.1) is 5.69 Å². The minimum Gasteiger partial charge on any atom is -0.368 e. The van der Waals surface area contributed by atoms with Crippen molar-refractivity contribution in [3.8, 4) is 5.69 Å². The molecule has 0 radical (unpaired) electrons. The number of aryl methyl sites for hydroxylation is 2. The first-order valence-corrected chi connectivity index (χ1v) is 12.2. The van der Waals surface area contributed by atoms with Crippen molar-refractivity contribution in [2.45, 2.75) is 6.92 Å². The van der Waals surface area contributed by atoms with Gasteiger partial charge in [-0.3, -0.25) is 9.59 Å². The van der Waals surface area contributed by atoms with Crippen LogP contribution in [0, 0.1) is 6.92 Å². The van der Waals surface area contributed by atoms with Gasteiger partial charge in [0.1, 0.15) is 5.52 Å². The van der Waals surface area contributed by atoms with E-state index in [0.717, 1.165) is 35.2 Å². The van der Waals surface area contributed by atoms with E-state index in [9.17, 15) is 9.59 Å². The van der Waals surface area contributed by atoms with E-state index in [0.29, 0.717) is 35.4 Å². The Bertz CT molecular complexity index is 1640. The molecular weight excluding hydrogens is 450 g/mol. The zero-order valence-corrected chi connectivity index (χ0v) is 20.4. The van der Waals surface area contributed by atoms with Gasteiger partial charge >= 0.3 is 0 Å². The second-order valence-electron chi connectivity index (χ2n) is 9.32. The highest BCUT2D eigenvalue weighted by molar-refractivity contribution is 6.16. The molecule has 7 heteroatoms. The Morgan fingerprint density at radius 2 is 1.47 bits per heavy atom. The summed E-state index contributed by atoms with van der Waals surface area (Å²) in [5, 5.41) is 6.19. The first-order chi connectivity index (χ1) is 17.5. The van der Waals surface area contributed by atoms with Gasteiger partial charge in [-0.1, -0.05) is 54.1 Å². The highest BCUT2D eigenvalue weighted by Gasteiger charge is 2.28. The minimum absolute atomic E-state index is 0.148. The van der Waals surface area contributed by atoms with Crippen LogP contribution in [0.2, 0.25) is 0 Å². The molecule has 0 unspecified atom stereocenters. The van der Waals surface area contributed by atoms with Crippen molar-refractivity contribution in [2.75, 3.05) is 31.1 Å². The average molecular weight is 478 g/mol. The highest BCUT2D eigenvalue weighted by atomic mass is 16.2. The topological polar surface area (TPSA) is 63.4 Å². The Morgan fingerprint density at radius 1 is 0.806 bits per heavy atom. The molecular formula is C29H27N5O2. The van der Waals surface area contributed by atoms with Gasteiger partial charge in [0, 0.05) is 55.2 Å². The number of fused-ring (bicyclic) bond motifs is 3. The van der Waals surface area contributed by atoms with Gasteiger partial charge < -0.3 is 14.4 Å². The van der Waals surface area contributed by atoms with Crippen LogP contribution < -0.4 is 10.5 Å². The molecule has 0 spiro atoms. The molecule has 3 heterocycles. The monoisotopic (exact) mass is 477 g/mol. The number of para-hydroxylation sites is 2. The van der Waals surface area contributed by atoms with E-state index in [1.54, 1.807) is 0 Å². The number of anilines is 1. The van der Waals surface area contributed by atoms with Crippen molar-refractivity contribution >= 4 is 33.4 Å². The van der Waals surface area contributed by atoms with E-state index in [1.165, 1.54) is 4.68 Å². The van der Waals surface area contributed by atoms with E-state index < -0.39 is 0 Å². The fraction of sp³-hybridized carbons (Fsp3) is 0.207. The van der Waals surface area contributed by atoms with Crippen molar-refractivity contribution in [2.24, 2.45) is 7.05 Å². The standard InChI is InChI=1S/C29H27N5O2/c1-20-12-14-22(15-13-20)34-29(36)27-25(23-10-6-7-11-24(23)31(27)2)26(30-34)28(35)33-18-16-32(17-19-33)21-8-4-3-5-9-21/h3-15H,16-19H2,1-2H3. The van der Waals surface area contributed by atoms with E-state index in [1.807, 2.05) is 90.2 Å². The summed E-state index contributed by atoms with van der Waals surface area (Å²) in [6.45, 7) is 4.66. The summed E-state index contributed by atoms with van der Waals surface area (Å²) < 4.78 is 3.25. The number of hydrogen-bond donors (Lipinski definition) is 0. The minimum atomic E-state index is -0.238. The molecule has 7 nitrogen and oxygen atoms in total. The maximum Gasteiger partial charge on any atom is 0.296 e. The lowest BCUT2D eigenvalue weighted by atomic mass is 10.1. The predicted molar refractivity (Wildman–Crippen MR) is 143 cm³/mol. The van der Waals surface area contributed by atoms with Crippen LogP contribution in [0.5, 0.6) is 0 Å². The van der Waals surface area contributed by atoms with Crippen LogP contribution in [0.1, 0.15) is 16.1 Å². The second-order valence-corrected chi connectivity index (χ2v) is 9.32. The smallest absolute Gasteiger partial charge is 0.296 e. The zero-order valence-electron chi connectivity index (χ0n) is 20.4. The third kappa shape index (κ3) is 3.55. The van der Waals surface area contributed by atoms with Crippen molar-refractivity contribution in [3.63, 3.8) is 0 Å². The lowest BCUT2D eigenvalue weighted by Crippen LogP contribution is -2.49. The van der Waals surface area contributed by atoms with Crippen LogP contribution in [0.4, 0.5) is 5.69 Å². The third-order valence-corrected chi connectivity index (χ3v) is 7.11. The summed E-state index contributed by atoms with van der Waals surface area (Å²) in [6, 6.07) is 25.7. The Kier molecular flexibility index (Phi) is 5.33. The molecule has 180 valence electrons. The number of carbonyl (C=O) groups excluding carboxylic acids is 1. The van der Waals surface area contributed by atoms with Crippen molar-refractivity contribution in [3.05, 3.63) is 100 Å². The SMILES string of the molecule is Cc1ccc(-n2nc(C(=O)N3CCN(c4ccccc4)CC3)c3c4ccccc4n(C)c3c2=O)cc1. The largest absolute Gasteiger partial charge is 0.368 e. The van der Waals surface area contributed by atoms with Crippen molar-refractivity contribution < 1.29 is 4.79 Å². The van der Waals surface area contributed by atoms with Gasteiger partial charge in [0.2, 0.25) is 0 Å². The number of benzene rings is 3. The number of rotatable bonds is 3. The van der Waals surface area contributed by atoms with Crippen LogP contribution in [-0.2, 0) is 7.05 Å². The van der Waals surface area contributed by atoms with Crippen molar-refractivity contribution in [1.82, 2.24) is 19.2 Å². The Labute approximate surface area is 208 Å². The average Bonchev–Trinajstić information content (AvgIpc) is 3.23. The summed E-state index contributed by atoms with van der Waals surface area (Å²) in [6.07, 6.45) is 0. The quantitative estimate of drug-likeness (QED) is 0.392. The van der Waals surface area contributed by atoms with Gasteiger partial charge in [0.25, 0.3) is 11.5 Å². The molecule has 0 bridgehead atoms. The van der Waals surface area contributed by atoms with Crippen molar-refractivity contribution in [1.29, 1.82) is 0 Å². The summed E-state index contributed by atoms with van der Waals surface area (Å²) in [5.74, 6) is -0.148. The number of carbonyl (C=O) groups is 1. The van der Waals surface area contributed by atoms with Gasteiger partial charge in [-0.05, 0) is 37.3 Å². The van der Waals surface area contributed by atoms with Crippen LogP contribution in [0.15, 0.2) is 83.7 Å². The van der Waals surface area contributed by atoms with Gasteiger partial charge in [0.15, 0.2) is 5.69 Å². The van der Waals surface area contributed by atoms with Crippen LogP contribution in [0.3, 0.4) is 0 Å². The lowest BCUT2D eigenvalue weighted by Gasteiger charge is -2.36. The molecule has 5 aromatic rings. The third-order valence-electron chi connectivity index (χ3n) is 7.11. The number of nitrogens with zero attached hydrogens (tertiary/aromatic N) is 5. The Hall–Kier alpha value is -4.39. The molecule has 3 aromatic carbocycles. The Morgan fingerprint density at radius 3 is 2.19 bits per heavy atom. The summed E-state index contributed by atoms with van der Waals surface area (Å²) in [7, 11) is 1.87. The molecule has 1 amide bonds. The fourth-order valence-electron chi connectivity index (χ4n) is 5.15. The molecule has 0 atom stereocenters. The summed E-state index contributed by atoms with van der Waals surface area (Å²) in [5.41, 5.74) is 4.35. The number of hydrogen-bond acceptors (Lipinski definition) is 4. The molecule has 1 saturated heterocycles. The first kappa shape index (κ1) is 22.1. The number of piperazine rings is 1. The van der Waals surface area contributed by atoms with E-state index in [4.69, 9.17) is 5.10 Å². The maximum atomic E-state index is 14.0. The number of amides is 1. The van der Waals surface area contributed by atoms with Gasteiger partial charge in [-0.15, -0.1) is 0 Å². The molecule has 36 heavy (non-hydrogen) atoms. The summed E-state index contributed by atoms with van der Waals surface area (Å²) >= 11 is 0.